The molecule has 3 nitrogen and oxygen atoms in total. The van der Waals surface area contributed by atoms with Crippen LogP contribution >= 0.6 is 0 Å². The van der Waals surface area contributed by atoms with E-state index in [1.54, 1.807) is 0 Å². The van der Waals surface area contributed by atoms with E-state index in [4.69, 9.17) is 5.73 Å². The zero-order chi connectivity index (χ0) is 10.8. The molecule has 0 aliphatic rings. The molecule has 2 N–H and O–H groups in total. The Morgan fingerprint density at radius 2 is 2.20 bits per heavy atom. The number of nitrogens with two attached hydrogens (primary N) is 1. The van der Waals surface area contributed by atoms with Gasteiger partial charge in [-0.2, -0.15) is 0 Å². The van der Waals surface area contributed by atoms with Gasteiger partial charge in [0, 0.05) is 30.2 Å². The predicted molar refractivity (Wildman–Crippen MR) is 62.5 cm³/mol. The van der Waals surface area contributed by atoms with Crippen LogP contribution in [0.5, 0.6) is 0 Å². The molecule has 0 saturated carbocycles. The summed E-state index contributed by atoms with van der Waals surface area (Å²) < 4.78 is 2.11. The summed E-state index contributed by atoms with van der Waals surface area (Å²) in [5, 5.41) is 0. The average Bonchev–Trinajstić information content (AvgIpc) is 2.70. The van der Waals surface area contributed by atoms with Crippen molar-refractivity contribution in [2.45, 2.75) is 20.4 Å². The number of aryl methyl sites for hydroxylation is 1. The fourth-order valence-corrected chi connectivity index (χ4v) is 1.70. The third-order valence-corrected chi connectivity index (χ3v) is 2.67. The molecule has 0 radical (unpaired) electrons. The first-order valence-electron chi connectivity index (χ1n) is 5.10. The van der Waals surface area contributed by atoms with Crippen LogP contribution in [-0.4, -0.2) is 9.55 Å². The van der Waals surface area contributed by atoms with Crippen LogP contribution in [0.1, 0.15) is 12.5 Å². The number of hydrogen-bond acceptors (Lipinski definition) is 2. The molecule has 15 heavy (non-hydrogen) atoms. The summed E-state index contributed by atoms with van der Waals surface area (Å²) in [5.74, 6) is 0.988. The van der Waals surface area contributed by atoms with Crippen LogP contribution in [0.2, 0.25) is 0 Å². The lowest BCUT2D eigenvalue weighted by Gasteiger charge is -2.09. The van der Waals surface area contributed by atoms with Gasteiger partial charge in [0.05, 0.1) is 0 Å². The molecule has 78 valence electrons. The summed E-state index contributed by atoms with van der Waals surface area (Å²) in [6, 6.07) is 5.94. The number of aromatic nitrogens is 2. The number of nitrogens with zero attached hydrogens (tertiary/aromatic N) is 2. The fourth-order valence-electron chi connectivity index (χ4n) is 1.70. The molecule has 0 aliphatic carbocycles. The maximum atomic E-state index is 5.88. The quantitative estimate of drug-likeness (QED) is 0.758. The normalized spacial score (nSPS) is 10.5. The van der Waals surface area contributed by atoms with Crippen LogP contribution in [0.15, 0.2) is 30.6 Å². The number of imidazole rings is 1. The fraction of sp³-hybridized carbons (Fsp3) is 0.250. The van der Waals surface area contributed by atoms with Gasteiger partial charge in [0.25, 0.3) is 0 Å². The summed E-state index contributed by atoms with van der Waals surface area (Å²) >= 11 is 0. The van der Waals surface area contributed by atoms with Crippen molar-refractivity contribution in [3.63, 3.8) is 0 Å². The van der Waals surface area contributed by atoms with Crippen molar-refractivity contribution in [1.82, 2.24) is 9.55 Å². The van der Waals surface area contributed by atoms with Gasteiger partial charge in [-0.3, -0.25) is 0 Å². The van der Waals surface area contributed by atoms with Gasteiger partial charge in [-0.25, -0.2) is 4.98 Å². The van der Waals surface area contributed by atoms with Crippen LogP contribution in [0.25, 0.3) is 11.4 Å². The molecule has 0 saturated heterocycles. The van der Waals surface area contributed by atoms with Crippen LogP contribution in [0.4, 0.5) is 5.69 Å². The molecule has 0 spiro atoms. The number of nitrogen functional groups attached to an aromatic ring is 1. The van der Waals surface area contributed by atoms with Gasteiger partial charge in [-0.1, -0.05) is 12.1 Å². The molecule has 2 rings (SSSR count). The molecule has 0 amide bonds. The average molecular weight is 201 g/mol. The van der Waals surface area contributed by atoms with Crippen molar-refractivity contribution in [1.29, 1.82) is 0 Å². The van der Waals surface area contributed by atoms with Crippen LogP contribution in [0, 0.1) is 6.92 Å². The van der Waals surface area contributed by atoms with Gasteiger partial charge in [0.2, 0.25) is 0 Å². The summed E-state index contributed by atoms with van der Waals surface area (Å²) in [7, 11) is 0. The Balaban J connectivity index is 2.59. The summed E-state index contributed by atoms with van der Waals surface area (Å²) in [5.41, 5.74) is 8.91. The van der Waals surface area contributed by atoms with Crippen molar-refractivity contribution in [2.24, 2.45) is 0 Å². The molecule has 3 heteroatoms. The van der Waals surface area contributed by atoms with E-state index in [1.807, 2.05) is 31.5 Å². The van der Waals surface area contributed by atoms with E-state index < -0.39 is 0 Å². The van der Waals surface area contributed by atoms with Crippen LogP contribution in [-0.2, 0) is 6.54 Å². The standard InChI is InChI=1S/C12H15N3/c1-3-15-8-7-14-12(15)10-5-4-6-11(13)9(10)2/h4-8H,3,13H2,1-2H3. The number of benzene rings is 1. The summed E-state index contributed by atoms with van der Waals surface area (Å²) in [6.07, 6.45) is 3.80. The lowest BCUT2D eigenvalue weighted by Crippen LogP contribution is -1.99. The second kappa shape index (κ2) is 3.77. The van der Waals surface area contributed by atoms with Gasteiger partial charge < -0.3 is 10.3 Å². The Bertz CT molecular complexity index is 471. The molecule has 1 heterocycles. The Morgan fingerprint density at radius 3 is 2.93 bits per heavy atom. The molecule has 0 fully saturated rings. The SMILES string of the molecule is CCn1ccnc1-c1cccc(N)c1C. The largest absolute Gasteiger partial charge is 0.398 e. The molecule has 0 unspecified atom stereocenters. The molecule has 1 aromatic carbocycles. The minimum atomic E-state index is 0.818. The van der Waals surface area contributed by atoms with E-state index in [9.17, 15) is 0 Å². The first kappa shape index (κ1) is 9.77. The first-order chi connectivity index (χ1) is 7.24. The van der Waals surface area contributed by atoms with Gasteiger partial charge in [0.15, 0.2) is 0 Å². The second-order valence-corrected chi connectivity index (χ2v) is 3.56. The zero-order valence-electron chi connectivity index (χ0n) is 9.07. The summed E-state index contributed by atoms with van der Waals surface area (Å²) in [6.45, 7) is 5.05. The Kier molecular flexibility index (Phi) is 2.46. The maximum Gasteiger partial charge on any atom is 0.140 e. The molecular formula is C12H15N3. The van der Waals surface area contributed by atoms with Crippen molar-refractivity contribution >= 4 is 5.69 Å². The minimum Gasteiger partial charge on any atom is -0.398 e. The maximum absolute atomic E-state index is 5.88. The highest BCUT2D eigenvalue weighted by atomic mass is 15.1. The summed E-state index contributed by atoms with van der Waals surface area (Å²) in [4.78, 5) is 4.37. The third kappa shape index (κ3) is 1.61. The molecule has 1 aromatic heterocycles. The monoisotopic (exact) mass is 201 g/mol. The lowest BCUT2D eigenvalue weighted by molar-refractivity contribution is 0.770. The lowest BCUT2D eigenvalue weighted by atomic mass is 10.1. The number of rotatable bonds is 2. The molecule has 0 atom stereocenters. The molecule has 0 bridgehead atoms. The smallest absolute Gasteiger partial charge is 0.140 e. The van der Waals surface area contributed by atoms with E-state index >= 15 is 0 Å². The minimum absolute atomic E-state index is 0.818. The van der Waals surface area contributed by atoms with E-state index in [1.165, 1.54) is 0 Å². The topological polar surface area (TPSA) is 43.8 Å². The number of hydrogen-bond donors (Lipinski definition) is 1. The number of anilines is 1. The van der Waals surface area contributed by atoms with E-state index in [-0.39, 0.29) is 0 Å². The Hall–Kier alpha value is -1.77. The predicted octanol–water partition coefficient (Wildman–Crippen LogP) is 2.46. The van der Waals surface area contributed by atoms with Crippen molar-refractivity contribution in [3.8, 4) is 11.4 Å². The van der Waals surface area contributed by atoms with Gasteiger partial charge in [-0.15, -0.1) is 0 Å². The Labute approximate surface area is 89.6 Å². The van der Waals surface area contributed by atoms with Gasteiger partial charge >= 0.3 is 0 Å². The van der Waals surface area contributed by atoms with Crippen LogP contribution in [0.3, 0.4) is 0 Å². The van der Waals surface area contributed by atoms with Gasteiger partial charge in [-0.05, 0) is 25.5 Å². The van der Waals surface area contributed by atoms with Crippen LogP contribution < -0.4 is 5.73 Å². The highest BCUT2D eigenvalue weighted by Gasteiger charge is 2.08. The van der Waals surface area contributed by atoms with E-state index in [0.717, 1.165) is 29.2 Å². The zero-order valence-corrected chi connectivity index (χ0v) is 9.07. The highest BCUT2D eigenvalue weighted by molar-refractivity contribution is 5.68. The van der Waals surface area contributed by atoms with Crippen molar-refractivity contribution in [3.05, 3.63) is 36.2 Å². The van der Waals surface area contributed by atoms with Crippen molar-refractivity contribution in [2.75, 3.05) is 5.73 Å². The second-order valence-electron chi connectivity index (χ2n) is 3.56. The molecule has 0 aliphatic heterocycles. The highest BCUT2D eigenvalue weighted by Crippen LogP contribution is 2.25. The van der Waals surface area contributed by atoms with E-state index in [2.05, 4.69) is 22.5 Å². The van der Waals surface area contributed by atoms with Crippen molar-refractivity contribution < 1.29 is 0 Å². The first-order valence-corrected chi connectivity index (χ1v) is 5.10. The van der Waals surface area contributed by atoms with Gasteiger partial charge in [0.1, 0.15) is 5.82 Å². The van der Waals surface area contributed by atoms with E-state index in [0.29, 0.717) is 0 Å². The Morgan fingerprint density at radius 1 is 1.40 bits per heavy atom. The molecular weight excluding hydrogens is 186 g/mol. The molecule has 2 aromatic rings. The third-order valence-electron chi connectivity index (χ3n) is 2.67.